The van der Waals surface area contributed by atoms with Gasteiger partial charge in [-0.05, 0) is 32.1 Å². The number of alkyl halides is 2. The molecule has 0 aromatic rings. The lowest BCUT2D eigenvalue weighted by Gasteiger charge is -2.06. The Morgan fingerprint density at radius 3 is 1.28 bits per heavy atom. The minimum absolute atomic E-state index is 0.208. The molecule has 0 spiro atoms. The number of esters is 2. The molecule has 0 fully saturated rings. The lowest BCUT2D eigenvalue weighted by molar-refractivity contribution is -0.145. The second-order valence-electron chi connectivity index (χ2n) is 6.21. The van der Waals surface area contributed by atoms with Crippen molar-refractivity contribution >= 4 is 43.8 Å². The summed E-state index contributed by atoms with van der Waals surface area (Å²) >= 11 is 6.82. The van der Waals surface area contributed by atoms with Gasteiger partial charge in [-0.25, -0.2) is 0 Å². The third-order valence-electron chi connectivity index (χ3n) is 3.84. The van der Waals surface area contributed by atoms with Crippen LogP contribution in [0.3, 0.4) is 0 Å². The standard InChI is InChI=1S/C19H34Br2O4/c20-14-7-3-1-5-9-16-24-18(22)12-11-13-19(23)25-17-10-6-2-4-8-15-21/h1-17H2. The van der Waals surface area contributed by atoms with Crippen molar-refractivity contribution in [2.24, 2.45) is 0 Å². The molecule has 25 heavy (non-hydrogen) atoms. The Labute approximate surface area is 170 Å². The van der Waals surface area contributed by atoms with Crippen molar-refractivity contribution in [3.63, 3.8) is 0 Å². The fourth-order valence-corrected chi connectivity index (χ4v) is 3.14. The van der Waals surface area contributed by atoms with Gasteiger partial charge in [-0.15, -0.1) is 0 Å². The normalized spacial score (nSPS) is 10.6. The molecule has 0 saturated heterocycles. The van der Waals surface area contributed by atoms with Gasteiger partial charge < -0.3 is 9.47 Å². The molecule has 0 aliphatic rings. The molecule has 0 aliphatic heterocycles. The highest BCUT2D eigenvalue weighted by atomic mass is 79.9. The van der Waals surface area contributed by atoms with Crippen molar-refractivity contribution in [2.75, 3.05) is 23.9 Å². The van der Waals surface area contributed by atoms with Crippen LogP contribution in [0.2, 0.25) is 0 Å². The number of rotatable bonds is 18. The average Bonchev–Trinajstić information content (AvgIpc) is 2.60. The van der Waals surface area contributed by atoms with Gasteiger partial charge >= 0.3 is 11.9 Å². The maximum absolute atomic E-state index is 11.6. The quantitative estimate of drug-likeness (QED) is 0.137. The van der Waals surface area contributed by atoms with Crippen molar-refractivity contribution in [3.05, 3.63) is 0 Å². The van der Waals surface area contributed by atoms with Crippen molar-refractivity contribution < 1.29 is 19.1 Å². The fraction of sp³-hybridized carbons (Fsp3) is 0.895. The molecule has 0 atom stereocenters. The fourth-order valence-electron chi connectivity index (χ4n) is 2.35. The molecule has 4 nitrogen and oxygen atoms in total. The molecule has 148 valence electrons. The maximum atomic E-state index is 11.6. The van der Waals surface area contributed by atoms with E-state index in [0.717, 1.165) is 36.3 Å². The summed E-state index contributed by atoms with van der Waals surface area (Å²) < 4.78 is 10.3. The van der Waals surface area contributed by atoms with Gasteiger partial charge in [0.1, 0.15) is 0 Å². The van der Waals surface area contributed by atoms with E-state index in [0.29, 0.717) is 32.5 Å². The monoisotopic (exact) mass is 484 g/mol. The SMILES string of the molecule is O=C(CCCC(=O)OCCCCCCCBr)OCCCCCCCBr. The van der Waals surface area contributed by atoms with Crippen LogP contribution in [0.5, 0.6) is 0 Å². The Kier molecular flexibility index (Phi) is 20.1. The molecule has 0 aromatic heterocycles. The number of carbonyl (C=O) groups excluding carboxylic acids is 2. The molecule has 0 unspecified atom stereocenters. The highest BCUT2D eigenvalue weighted by molar-refractivity contribution is 9.09. The summed E-state index contributed by atoms with van der Waals surface area (Å²) in [4.78, 5) is 23.1. The number of hydrogen-bond donors (Lipinski definition) is 0. The Bertz CT molecular complexity index is 295. The van der Waals surface area contributed by atoms with Crippen LogP contribution >= 0.6 is 31.9 Å². The lowest BCUT2D eigenvalue weighted by atomic mass is 10.2. The van der Waals surface area contributed by atoms with E-state index < -0.39 is 0 Å². The molecule has 0 aliphatic carbocycles. The van der Waals surface area contributed by atoms with Crippen LogP contribution in [-0.4, -0.2) is 35.8 Å². The molecular weight excluding hydrogens is 452 g/mol. The molecule has 0 radical (unpaired) electrons. The number of carbonyl (C=O) groups is 2. The second-order valence-corrected chi connectivity index (χ2v) is 7.79. The summed E-state index contributed by atoms with van der Waals surface area (Å²) in [6, 6.07) is 0. The first kappa shape index (κ1) is 24.9. The number of unbranched alkanes of at least 4 members (excludes halogenated alkanes) is 8. The summed E-state index contributed by atoms with van der Waals surface area (Å²) in [5.74, 6) is -0.417. The first-order valence-corrected chi connectivity index (χ1v) is 11.9. The van der Waals surface area contributed by atoms with Gasteiger partial charge in [0.25, 0.3) is 0 Å². The lowest BCUT2D eigenvalue weighted by Crippen LogP contribution is -2.09. The van der Waals surface area contributed by atoms with E-state index in [1.165, 1.54) is 38.5 Å². The summed E-state index contributed by atoms with van der Waals surface area (Å²) in [6.45, 7) is 0.985. The van der Waals surface area contributed by atoms with Crippen LogP contribution in [0, 0.1) is 0 Å². The Hall–Kier alpha value is -0.100. The van der Waals surface area contributed by atoms with Gasteiger partial charge in [0, 0.05) is 23.5 Å². The Morgan fingerprint density at radius 2 is 0.880 bits per heavy atom. The highest BCUT2D eigenvalue weighted by Crippen LogP contribution is 2.07. The van der Waals surface area contributed by atoms with Crippen molar-refractivity contribution in [3.8, 4) is 0 Å². The van der Waals surface area contributed by atoms with Gasteiger partial charge in [0.2, 0.25) is 0 Å². The zero-order valence-electron chi connectivity index (χ0n) is 15.4. The van der Waals surface area contributed by atoms with E-state index in [2.05, 4.69) is 31.9 Å². The van der Waals surface area contributed by atoms with E-state index in [9.17, 15) is 9.59 Å². The van der Waals surface area contributed by atoms with Crippen LogP contribution < -0.4 is 0 Å². The maximum Gasteiger partial charge on any atom is 0.305 e. The minimum atomic E-state index is -0.208. The van der Waals surface area contributed by atoms with Gasteiger partial charge in [0.15, 0.2) is 0 Å². The van der Waals surface area contributed by atoms with Crippen molar-refractivity contribution in [1.29, 1.82) is 0 Å². The molecule has 0 N–H and O–H groups in total. The molecule has 0 saturated carbocycles. The largest absolute Gasteiger partial charge is 0.466 e. The molecule has 0 aromatic carbocycles. The summed E-state index contributed by atoms with van der Waals surface area (Å²) in [5.41, 5.74) is 0. The second kappa shape index (κ2) is 20.2. The zero-order valence-corrected chi connectivity index (χ0v) is 18.6. The van der Waals surface area contributed by atoms with E-state index >= 15 is 0 Å². The molecule has 0 heterocycles. The number of ether oxygens (including phenoxy) is 2. The van der Waals surface area contributed by atoms with Crippen LogP contribution in [0.15, 0.2) is 0 Å². The van der Waals surface area contributed by atoms with E-state index in [-0.39, 0.29) is 11.9 Å². The smallest absolute Gasteiger partial charge is 0.305 e. The minimum Gasteiger partial charge on any atom is -0.466 e. The highest BCUT2D eigenvalue weighted by Gasteiger charge is 2.07. The van der Waals surface area contributed by atoms with Crippen LogP contribution in [0.1, 0.15) is 83.5 Å². The Balaban J connectivity index is 3.32. The average molecular weight is 486 g/mol. The van der Waals surface area contributed by atoms with E-state index in [1.54, 1.807) is 0 Å². The van der Waals surface area contributed by atoms with Crippen LogP contribution in [-0.2, 0) is 19.1 Å². The molecule has 0 rings (SSSR count). The molecule has 6 heteroatoms. The predicted molar refractivity (Wildman–Crippen MR) is 110 cm³/mol. The zero-order chi connectivity index (χ0) is 18.6. The summed E-state index contributed by atoms with van der Waals surface area (Å²) in [5, 5.41) is 2.11. The van der Waals surface area contributed by atoms with E-state index in [4.69, 9.17) is 9.47 Å². The third kappa shape index (κ3) is 20.1. The van der Waals surface area contributed by atoms with Crippen molar-refractivity contribution in [2.45, 2.75) is 83.5 Å². The Morgan fingerprint density at radius 1 is 0.520 bits per heavy atom. The van der Waals surface area contributed by atoms with Gasteiger partial charge in [-0.2, -0.15) is 0 Å². The predicted octanol–water partition coefficient (Wildman–Crippen LogP) is 5.93. The summed E-state index contributed by atoms with van der Waals surface area (Å²) in [7, 11) is 0. The molecule has 0 bridgehead atoms. The van der Waals surface area contributed by atoms with Crippen LogP contribution in [0.25, 0.3) is 0 Å². The summed E-state index contributed by atoms with van der Waals surface area (Å²) in [6.07, 6.45) is 12.4. The molecule has 0 amide bonds. The van der Waals surface area contributed by atoms with Gasteiger partial charge in [0.05, 0.1) is 13.2 Å². The first-order chi connectivity index (χ1) is 12.2. The van der Waals surface area contributed by atoms with Gasteiger partial charge in [-0.1, -0.05) is 70.4 Å². The van der Waals surface area contributed by atoms with Crippen molar-refractivity contribution in [1.82, 2.24) is 0 Å². The number of hydrogen-bond acceptors (Lipinski definition) is 4. The topological polar surface area (TPSA) is 52.6 Å². The van der Waals surface area contributed by atoms with Gasteiger partial charge in [-0.3, -0.25) is 9.59 Å². The third-order valence-corrected chi connectivity index (χ3v) is 4.97. The molecular formula is C19H34Br2O4. The first-order valence-electron chi connectivity index (χ1n) is 9.64. The van der Waals surface area contributed by atoms with E-state index in [1.807, 2.05) is 0 Å². The number of halogens is 2. The van der Waals surface area contributed by atoms with Crippen LogP contribution in [0.4, 0.5) is 0 Å².